The van der Waals surface area contributed by atoms with Crippen LogP contribution in [0.15, 0.2) is 55.1 Å². The maximum Gasteiger partial charge on any atom is 0.293 e. The summed E-state index contributed by atoms with van der Waals surface area (Å²) < 4.78 is 0. The molecule has 2 rings (SSSR count). The number of carbonyl (C=O) groups is 2. The van der Waals surface area contributed by atoms with Crippen molar-refractivity contribution in [2.24, 2.45) is 0 Å². The van der Waals surface area contributed by atoms with Crippen molar-refractivity contribution in [3.8, 4) is 0 Å². The van der Waals surface area contributed by atoms with Gasteiger partial charge in [-0.2, -0.15) is 0 Å². The van der Waals surface area contributed by atoms with Gasteiger partial charge in [0.15, 0.2) is 0 Å². The molecule has 0 fully saturated rings. The van der Waals surface area contributed by atoms with E-state index in [0.29, 0.717) is 24.5 Å². The number of benzene rings is 2. The van der Waals surface area contributed by atoms with Crippen LogP contribution in [0.4, 0.5) is 17.1 Å². The van der Waals surface area contributed by atoms with Gasteiger partial charge in [-0.1, -0.05) is 18.2 Å². The van der Waals surface area contributed by atoms with E-state index < -0.39 is 10.8 Å². The average molecular weight is 368 g/mol. The Hall–Kier alpha value is -3.68. The number of rotatable bonds is 8. The van der Waals surface area contributed by atoms with E-state index >= 15 is 0 Å². The van der Waals surface area contributed by atoms with Crippen molar-refractivity contribution < 1.29 is 14.5 Å². The Labute approximate surface area is 156 Å². The first-order valence-electron chi connectivity index (χ1n) is 8.29. The summed E-state index contributed by atoms with van der Waals surface area (Å²) in [7, 11) is 0. The van der Waals surface area contributed by atoms with E-state index in [2.05, 4.69) is 22.5 Å². The fraction of sp³-hybridized carbons (Fsp3) is 0.158. The van der Waals surface area contributed by atoms with Gasteiger partial charge in [-0.25, -0.2) is 0 Å². The smallest absolute Gasteiger partial charge is 0.293 e. The van der Waals surface area contributed by atoms with Crippen LogP contribution in [0.3, 0.4) is 0 Å². The maximum atomic E-state index is 12.5. The number of para-hydroxylation sites is 1. The van der Waals surface area contributed by atoms with Crippen molar-refractivity contribution in [3.05, 3.63) is 76.4 Å². The number of anilines is 2. The number of nitrogens with zero attached hydrogens (tertiary/aromatic N) is 1. The number of carbonyl (C=O) groups excluding carboxylic acids is 2. The quantitative estimate of drug-likeness (QED) is 0.376. The molecule has 0 aromatic heterocycles. The fourth-order valence-corrected chi connectivity index (χ4v) is 2.41. The molecule has 2 amide bonds. The summed E-state index contributed by atoms with van der Waals surface area (Å²) in [4.78, 5) is 35.4. The highest BCUT2D eigenvalue weighted by Crippen LogP contribution is 2.26. The monoisotopic (exact) mass is 368 g/mol. The van der Waals surface area contributed by atoms with Crippen LogP contribution in [0, 0.1) is 10.1 Å². The van der Waals surface area contributed by atoms with Gasteiger partial charge in [0.1, 0.15) is 5.69 Å². The van der Waals surface area contributed by atoms with Gasteiger partial charge in [0, 0.05) is 24.7 Å². The van der Waals surface area contributed by atoms with E-state index in [1.807, 2.05) is 6.92 Å². The second kappa shape index (κ2) is 9.14. The topological polar surface area (TPSA) is 113 Å². The van der Waals surface area contributed by atoms with Crippen LogP contribution >= 0.6 is 0 Å². The molecule has 0 aliphatic carbocycles. The highest BCUT2D eigenvalue weighted by Gasteiger charge is 2.19. The zero-order valence-electron chi connectivity index (χ0n) is 14.8. The zero-order chi connectivity index (χ0) is 19.8. The van der Waals surface area contributed by atoms with Crippen LogP contribution < -0.4 is 16.0 Å². The predicted octanol–water partition coefficient (Wildman–Crippen LogP) is 3.19. The molecule has 0 heterocycles. The Morgan fingerprint density at radius 3 is 2.56 bits per heavy atom. The van der Waals surface area contributed by atoms with Gasteiger partial charge in [0.05, 0.1) is 16.2 Å². The summed E-state index contributed by atoms with van der Waals surface area (Å²) in [5.41, 5.74) is 0.850. The molecule has 2 aromatic rings. The van der Waals surface area contributed by atoms with Crippen molar-refractivity contribution in [1.29, 1.82) is 0 Å². The third-order valence-corrected chi connectivity index (χ3v) is 3.65. The number of hydrogen-bond acceptors (Lipinski definition) is 5. The summed E-state index contributed by atoms with van der Waals surface area (Å²) in [6.07, 6.45) is 1.55. The first kappa shape index (κ1) is 19.6. The van der Waals surface area contributed by atoms with Crippen molar-refractivity contribution in [1.82, 2.24) is 5.32 Å². The van der Waals surface area contributed by atoms with Gasteiger partial charge < -0.3 is 16.0 Å². The fourth-order valence-electron chi connectivity index (χ4n) is 2.41. The first-order valence-corrected chi connectivity index (χ1v) is 8.29. The molecule has 8 nitrogen and oxygen atoms in total. The Balaban J connectivity index is 2.28. The van der Waals surface area contributed by atoms with Crippen LogP contribution in [0.5, 0.6) is 0 Å². The molecule has 8 heteroatoms. The first-order chi connectivity index (χ1) is 13.0. The molecule has 0 radical (unpaired) electrons. The number of nitro benzene ring substituents is 1. The van der Waals surface area contributed by atoms with Crippen LogP contribution in [0.25, 0.3) is 0 Å². The molecule has 0 aliphatic rings. The minimum atomic E-state index is -0.551. The average Bonchev–Trinajstić information content (AvgIpc) is 2.66. The molecule has 140 valence electrons. The number of nitrogens with one attached hydrogen (secondary N) is 3. The SMILES string of the molecule is C=CCNC(=O)c1ccccc1NC(=O)c1ccc(NCC)c([N+](=O)[O-])c1. The molecule has 0 unspecified atom stereocenters. The van der Waals surface area contributed by atoms with E-state index in [9.17, 15) is 19.7 Å². The molecule has 0 saturated heterocycles. The van der Waals surface area contributed by atoms with Crippen molar-refractivity contribution in [2.75, 3.05) is 23.7 Å². The van der Waals surface area contributed by atoms with Crippen LogP contribution in [0.2, 0.25) is 0 Å². The van der Waals surface area contributed by atoms with Crippen LogP contribution in [-0.2, 0) is 0 Å². The van der Waals surface area contributed by atoms with Crippen LogP contribution in [0.1, 0.15) is 27.6 Å². The lowest BCUT2D eigenvalue weighted by Gasteiger charge is -2.11. The molecule has 27 heavy (non-hydrogen) atoms. The molecular formula is C19H20N4O4. The lowest BCUT2D eigenvalue weighted by molar-refractivity contribution is -0.384. The molecule has 0 atom stereocenters. The summed E-state index contributed by atoms with van der Waals surface area (Å²) in [6, 6.07) is 10.7. The minimum absolute atomic E-state index is 0.115. The Morgan fingerprint density at radius 1 is 1.15 bits per heavy atom. The van der Waals surface area contributed by atoms with Gasteiger partial charge in [-0.05, 0) is 31.2 Å². The molecule has 0 spiro atoms. The minimum Gasteiger partial charge on any atom is -0.380 e. The lowest BCUT2D eigenvalue weighted by atomic mass is 10.1. The molecule has 0 bridgehead atoms. The van der Waals surface area contributed by atoms with E-state index in [-0.39, 0.29) is 22.7 Å². The van der Waals surface area contributed by atoms with Crippen LogP contribution in [-0.4, -0.2) is 29.8 Å². The lowest BCUT2D eigenvalue weighted by Crippen LogP contribution is -2.25. The third kappa shape index (κ3) is 4.91. The van der Waals surface area contributed by atoms with Crippen molar-refractivity contribution >= 4 is 28.9 Å². The number of nitro groups is 1. The van der Waals surface area contributed by atoms with E-state index in [1.165, 1.54) is 18.2 Å². The van der Waals surface area contributed by atoms with Gasteiger partial charge in [0.2, 0.25) is 0 Å². The van der Waals surface area contributed by atoms with Gasteiger partial charge >= 0.3 is 0 Å². The normalized spacial score (nSPS) is 9.96. The van der Waals surface area contributed by atoms with E-state index in [0.717, 1.165) is 0 Å². The summed E-state index contributed by atoms with van der Waals surface area (Å²) >= 11 is 0. The number of hydrogen-bond donors (Lipinski definition) is 3. The molecule has 3 N–H and O–H groups in total. The predicted molar refractivity (Wildman–Crippen MR) is 104 cm³/mol. The number of amides is 2. The van der Waals surface area contributed by atoms with E-state index in [4.69, 9.17) is 0 Å². The summed E-state index contributed by atoms with van der Waals surface area (Å²) in [5, 5.41) is 19.4. The Morgan fingerprint density at radius 2 is 1.89 bits per heavy atom. The summed E-state index contributed by atoms with van der Waals surface area (Å²) in [5.74, 6) is -0.913. The van der Waals surface area contributed by atoms with Gasteiger partial charge in [0.25, 0.3) is 17.5 Å². The summed E-state index contributed by atoms with van der Waals surface area (Å²) in [6.45, 7) is 6.16. The van der Waals surface area contributed by atoms with E-state index in [1.54, 1.807) is 30.3 Å². The molecule has 2 aromatic carbocycles. The largest absolute Gasteiger partial charge is 0.380 e. The Bertz CT molecular complexity index is 880. The zero-order valence-corrected chi connectivity index (χ0v) is 14.8. The maximum absolute atomic E-state index is 12.5. The molecular weight excluding hydrogens is 348 g/mol. The highest BCUT2D eigenvalue weighted by molar-refractivity contribution is 6.09. The molecule has 0 saturated carbocycles. The standard InChI is InChI=1S/C19H20N4O4/c1-3-11-21-19(25)14-7-5-6-8-15(14)22-18(24)13-9-10-16(20-4-2)17(12-13)23(26)27/h3,5-10,12,20H,1,4,11H2,2H3,(H,21,25)(H,22,24). The van der Waals surface area contributed by atoms with Crippen molar-refractivity contribution in [2.45, 2.75) is 6.92 Å². The van der Waals surface area contributed by atoms with Gasteiger partial charge in [-0.3, -0.25) is 19.7 Å². The third-order valence-electron chi connectivity index (χ3n) is 3.65. The van der Waals surface area contributed by atoms with Crippen molar-refractivity contribution in [3.63, 3.8) is 0 Å². The second-order valence-corrected chi connectivity index (χ2v) is 5.52. The second-order valence-electron chi connectivity index (χ2n) is 5.52. The highest BCUT2D eigenvalue weighted by atomic mass is 16.6. The molecule has 0 aliphatic heterocycles. The Kier molecular flexibility index (Phi) is 6.65. The van der Waals surface area contributed by atoms with Gasteiger partial charge in [-0.15, -0.1) is 6.58 Å².